The third-order valence-corrected chi connectivity index (χ3v) is 6.76. The average Bonchev–Trinajstić information content (AvgIpc) is 2.95. The van der Waals surface area contributed by atoms with E-state index in [4.69, 9.17) is 20.9 Å². The van der Waals surface area contributed by atoms with Crippen molar-refractivity contribution >= 4 is 11.4 Å². The van der Waals surface area contributed by atoms with Gasteiger partial charge >= 0.3 is 12.4 Å². The Morgan fingerprint density at radius 2 is 0.727 bits per heavy atom. The van der Waals surface area contributed by atoms with Gasteiger partial charge in [-0.2, -0.15) is 26.3 Å². The minimum atomic E-state index is -4.57. The van der Waals surface area contributed by atoms with Crippen molar-refractivity contribution in [2.75, 3.05) is 11.5 Å². The molecule has 0 amide bonds. The first-order valence-electron chi connectivity index (χ1n) is 13.4. The van der Waals surface area contributed by atoms with E-state index in [-0.39, 0.29) is 34.4 Å². The minimum absolute atomic E-state index is 0.163. The quantitative estimate of drug-likeness (QED) is 0.136. The molecule has 0 aliphatic carbocycles. The van der Waals surface area contributed by atoms with Gasteiger partial charge in [-0.15, -0.1) is 0 Å². The summed E-state index contributed by atoms with van der Waals surface area (Å²) < 4.78 is 90.9. The fraction of sp³-hybridized carbons (Fsp3) is 0.118. The van der Waals surface area contributed by atoms with E-state index < -0.39 is 23.5 Å². The van der Waals surface area contributed by atoms with Crippen molar-refractivity contribution in [1.82, 2.24) is 0 Å². The van der Waals surface area contributed by atoms with Crippen LogP contribution >= 0.6 is 0 Å². The molecule has 4 nitrogen and oxygen atoms in total. The highest BCUT2D eigenvalue weighted by Gasteiger charge is 2.35. The van der Waals surface area contributed by atoms with Gasteiger partial charge in [0.15, 0.2) is 0 Å². The van der Waals surface area contributed by atoms with Crippen LogP contribution in [0.4, 0.5) is 37.7 Å². The molecule has 0 radical (unpaired) electrons. The molecule has 0 unspecified atom stereocenters. The van der Waals surface area contributed by atoms with Crippen molar-refractivity contribution in [2.45, 2.75) is 25.2 Å². The average molecular weight is 609 g/mol. The lowest BCUT2D eigenvalue weighted by atomic mass is 10.0. The molecule has 0 saturated carbocycles. The molecule has 226 valence electrons. The van der Waals surface area contributed by atoms with Crippen molar-refractivity contribution in [3.63, 3.8) is 0 Å². The summed E-state index contributed by atoms with van der Waals surface area (Å²) in [6.45, 7) is 0. The number of nitrogens with two attached hydrogens (primary N) is 2. The van der Waals surface area contributed by atoms with E-state index in [1.54, 1.807) is 48.5 Å². The largest absolute Gasteiger partial charge is 0.457 e. The van der Waals surface area contributed by atoms with Gasteiger partial charge in [0.2, 0.25) is 0 Å². The molecule has 44 heavy (non-hydrogen) atoms. The molecule has 0 heterocycles. The lowest BCUT2D eigenvalue weighted by molar-refractivity contribution is -0.139. The van der Waals surface area contributed by atoms with E-state index in [2.05, 4.69) is 0 Å². The summed E-state index contributed by atoms with van der Waals surface area (Å²) in [6.07, 6.45) is -7.95. The maximum atomic E-state index is 13.3. The van der Waals surface area contributed by atoms with Gasteiger partial charge in [0.1, 0.15) is 23.0 Å². The monoisotopic (exact) mass is 608 g/mol. The van der Waals surface area contributed by atoms with Crippen LogP contribution in [0.3, 0.4) is 0 Å². The number of alkyl halides is 6. The molecule has 0 atom stereocenters. The topological polar surface area (TPSA) is 70.5 Å². The normalized spacial score (nSPS) is 11.8. The van der Waals surface area contributed by atoms with Crippen LogP contribution in [0.25, 0.3) is 0 Å². The predicted octanol–water partition coefficient (Wildman–Crippen LogP) is 9.65. The number of hydrogen-bond donors (Lipinski definition) is 2. The highest BCUT2D eigenvalue weighted by molar-refractivity contribution is 5.52. The molecule has 4 N–H and O–H groups in total. The maximum absolute atomic E-state index is 13.3. The first-order valence-corrected chi connectivity index (χ1v) is 13.4. The maximum Gasteiger partial charge on any atom is 0.419 e. The van der Waals surface area contributed by atoms with Crippen molar-refractivity contribution < 1.29 is 35.8 Å². The molecule has 0 aromatic heterocycles. The Morgan fingerprint density at radius 1 is 0.432 bits per heavy atom. The molecule has 0 saturated heterocycles. The zero-order chi connectivity index (χ0) is 31.5. The molecular formula is C34H26F6N2O2. The van der Waals surface area contributed by atoms with Crippen LogP contribution in [0.1, 0.15) is 33.4 Å². The summed E-state index contributed by atoms with van der Waals surface area (Å²) >= 11 is 0. The minimum Gasteiger partial charge on any atom is -0.457 e. The van der Waals surface area contributed by atoms with Crippen LogP contribution in [0.5, 0.6) is 23.0 Å². The third kappa shape index (κ3) is 7.63. The van der Waals surface area contributed by atoms with Gasteiger partial charge in [0.25, 0.3) is 0 Å². The Balaban J connectivity index is 1.19. The second-order valence-electron chi connectivity index (χ2n) is 10.2. The summed E-state index contributed by atoms with van der Waals surface area (Å²) in [5.41, 5.74) is 13.8. The summed E-state index contributed by atoms with van der Waals surface area (Å²) in [5.74, 6) is -0.212. The van der Waals surface area contributed by atoms with Crippen LogP contribution in [0, 0.1) is 0 Å². The second kappa shape index (κ2) is 12.2. The smallest absolute Gasteiger partial charge is 0.419 e. The molecular weight excluding hydrogens is 582 g/mol. The SMILES string of the molecule is Nc1ccc(C(F)(F)F)c(Oc2ccc(Cc3ccc(Cc4ccc(Oc5cc(N)ccc5C(F)(F)F)cc4)cc3)cc2)c1. The molecule has 0 bridgehead atoms. The Kier molecular flexibility index (Phi) is 8.44. The summed E-state index contributed by atoms with van der Waals surface area (Å²) in [6, 6.07) is 28.0. The van der Waals surface area contributed by atoms with Gasteiger partial charge < -0.3 is 20.9 Å². The Bertz CT molecular complexity index is 1600. The van der Waals surface area contributed by atoms with E-state index in [1.165, 1.54) is 12.1 Å². The van der Waals surface area contributed by atoms with E-state index in [0.29, 0.717) is 12.8 Å². The van der Waals surface area contributed by atoms with Crippen molar-refractivity contribution in [3.05, 3.63) is 143 Å². The predicted molar refractivity (Wildman–Crippen MR) is 157 cm³/mol. The third-order valence-electron chi connectivity index (χ3n) is 6.76. The number of anilines is 2. The standard InChI is InChI=1S/C34H26F6N2O2/c35-33(36,37)29-15-9-25(41)19-31(29)43-27-11-5-23(6-12-27)17-21-1-2-22(4-3-21)18-24-7-13-28(14-8-24)44-32-20-26(42)10-16-30(32)34(38,39)40/h1-16,19-20H,17-18,41-42H2. The number of hydrogen-bond acceptors (Lipinski definition) is 4. The first kappa shape index (κ1) is 30.3. The number of nitrogen functional groups attached to an aromatic ring is 2. The molecule has 5 rings (SSSR count). The summed E-state index contributed by atoms with van der Waals surface area (Å²) in [7, 11) is 0. The Morgan fingerprint density at radius 3 is 1.02 bits per heavy atom. The molecule has 5 aromatic rings. The van der Waals surface area contributed by atoms with E-state index in [9.17, 15) is 26.3 Å². The van der Waals surface area contributed by atoms with Crippen molar-refractivity contribution in [1.29, 1.82) is 0 Å². The zero-order valence-electron chi connectivity index (χ0n) is 23.0. The molecule has 0 aliphatic heterocycles. The van der Waals surface area contributed by atoms with Crippen molar-refractivity contribution in [2.24, 2.45) is 0 Å². The number of benzene rings is 5. The van der Waals surface area contributed by atoms with Gasteiger partial charge in [-0.05, 0) is 83.6 Å². The zero-order valence-corrected chi connectivity index (χ0v) is 23.0. The molecule has 5 aromatic carbocycles. The van der Waals surface area contributed by atoms with Crippen LogP contribution < -0.4 is 20.9 Å². The number of rotatable bonds is 8. The lowest BCUT2D eigenvalue weighted by Gasteiger charge is -2.14. The molecule has 0 spiro atoms. The number of ether oxygens (including phenoxy) is 2. The lowest BCUT2D eigenvalue weighted by Crippen LogP contribution is -2.07. The summed E-state index contributed by atoms with van der Waals surface area (Å²) in [4.78, 5) is 0. The van der Waals surface area contributed by atoms with Gasteiger partial charge in [-0.3, -0.25) is 0 Å². The van der Waals surface area contributed by atoms with Crippen LogP contribution in [-0.4, -0.2) is 0 Å². The highest BCUT2D eigenvalue weighted by atomic mass is 19.4. The highest BCUT2D eigenvalue weighted by Crippen LogP contribution is 2.40. The van der Waals surface area contributed by atoms with Gasteiger partial charge in [-0.1, -0.05) is 48.5 Å². The first-order chi connectivity index (χ1) is 20.8. The molecule has 0 fully saturated rings. The Labute approximate surface area is 249 Å². The van der Waals surface area contributed by atoms with Crippen molar-refractivity contribution in [3.8, 4) is 23.0 Å². The summed E-state index contributed by atoms with van der Waals surface area (Å²) in [5, 5.41) is 0. The van der Waals surface area contributed by atoms with E-state index in [1.807, 2.05) is 24.3 Å². The van der Waals surface area contributed by atoms with Gasteiger partial charge in [0.05, 0.1) is 11.1 Å². The second-order valence-corrected chi connectivity index (χ2v) is 10.2. The van der Waals surface area contributed by atoms with E-state index >= 15 is 0 Å². The fourth-order valence-electron chi connectivity index (χ4n) is 4.57. The molecule has 0 aliphatic rings. The number of halogens is 6. The van der Waals surface area contributed by atoms with E-state index in [0.717, 1.165) is 46.5 Å². The fourth-order valence-corrected chi connectivity index (χ4v) is 4.57. The Hall–Kier alpha value is -5.12. The van der Waals surface area contributed by atoms with Gasteiger partial charge in [0, 0.05) is 23.5 Å². The van der Waals surface area contributed by atoms with Crippen LogP contribution in [0.2, 0.25) is 0 Å². The van der Waals surface area contributed by atoms with Gasteiger partial charge in [-0.25, -0.2) is 0 Å². The van der Waals surface area contributed by atoms with Crippen LogP contribution in [-0.2, 0) is 25.2 Å². The van der Waals surface area contributed by atoms with Crippen LogP contribution in [0.15, 0.2) is 109 Å². The molecule has 10 heteroatoms.